The van der Waals surface area contributed by atoms with Gasteiger partial charge in [-0.3, -0.25) is 0 Å². The fraction of sp³-hybridized carbons (Fsp3) is 0.667. The van der Waals surface area contributed by atoms with E-state index >= 15 is 0 Å². The van der Waals surface area contributed by atoms with Gasteiger partial charge in [0.2, 0.25) is 0 Å². The van der Waals surface area contributed by atoms with Crippen molar-refractivity contribution in [2.24, 2.45) is 0 Å². The van der Waals surface area contributed by atoms with Crippen molar-refractivity contribution < 1.29 is 0 Å². The summed E-state index contributed by atoms with van der Waals surface area (Å²) in [7, 11) is 0. The molecule has 14 heavy (non-hydrogen) atoms. The second kappa shape index (κ2) is 2.96. The third-order valence-corrected chi connectivity index (χ3v) is 3.08. The van der Waals surface area contributed by atoms with E-state index in [1.807, 2.05) is 4.68 Å². The number of nitrogens with one attached hydrogen (secondary N) is 2. The maximum Gasteiger partial charge on any atom is 0.125 e. The number of rotatable bonds is 1. The summed E-state index contributed by atoms with van der Waals surface area (Å²) in [5, 5.41) is 11.1. The lowest BCUT2D eigenvalue weighted by Crippen LogP contribution is -2.44. The molecule has 1 fully saturated rings. The summed E-state index contributed by atoms with van der Waals surface area (Å²) in [5.74, 6) is 0.882. The Morgan fingerprint density at radius 2 is 2.21 bits per heavy atom. The van der Waals surface area contributed by atoms with E-state index in [1.54, 1.807) is 0 Å². The predicted octanol–water partition coefficient (Wildman–Crippen LogP) is -0.745. The summed E-state index contributed by atoms with van der Waals surface area (Å²) in [4.78, 5) is 0. The van der Waals surface area contributed by atoms with Crippen molar-refractivity contribution in [3.05, 3.63) is 11.3 Å². The number of nitrogens with two attached hydrogens (primary N) is 1. The van der Waals surface area contributed by atoms with Crippen LogP contribution in [-0.4, -0.2) is 29.4 Å². The molecule has 0 aromatic carbocycles. The minimum absolute atomic E-state index is 0.473. The maximum atomic E-state index is 6.08. The van der Waals surface area contributed by atoms with Gasteiger partial charge in [0.1, 0.15) is 5.82 Å². The first-order chi connectivity index (χ1) is 6.86. The first-order valence-electron chi connectivity index (χ1n) is 5.13. The first-order valence-corrected chi connectivity index (χ1v) is 5.13. The van der Waals surface area contributed by atoms with Crippen LogP contribution in [0.4, 0.5) is 5.82 Å². The number of nitrogen functional groups attached to an aromatic ring is 1. The number of anilines is 1. The van der Waals surface area contributed by atoms with E-state index in [2.05, 4.69) is 15.7 Å². The molecule has 1 aromatic rings. The maximum absolute atomic E-state index is 6.08. The summed E-state index contributed by atoms with van der Waals surface area (Å²) in [5.41, 5.74) is 8.48. The van der Waals surface area contributed by atoms with Crippen LogP contribution in [0.1, 0.15) is 17.3 Å². The van der Waals surface area contributed by atoms with Crippen molar-refractivity contribution >= 4 is 5.82 Å². The van der Waals surface area contributed by atoms with Crippen molar-refractivity contribution in [2.75, 3.05) is 25.4 Å². The average molecular weight is 193 g/mol. The third kappa shape index (κ3) is 1.06. The molecule has 76 valence electrons. The van der Waals surface area contributed by atoms with Gasteiger partial charge in [-0.1, -0.05) is 0 Å². The van der Waals surface area contributed by atoms with Crippen LogP contribution in [0.5, 0.6) is 0 Å². The Labute approximate surface area is 82.7 Å². The number of aromatic nitrogens is 2. The van der Waals surface area contributed by atoms with Gasteiger partial charge < -0.3 is 16.4 Å². The SMILES string of the molecule is Nc1c2c(nn1C1CNC1)CNCC2. The van der Waals surface area contributed by atoms with Crippen molar-refractivity contribution in [3.63, 3.8) is 0 Å². The fourth-order valence-electron chi connectivity index (χ4n) is 2.09. The van der Waals surface area contributed by atoms with E-state index in [4.69, 9.17) is 5.73 Å². The Morgan fingerprint density at radius 1 is 1.36 bits per heavy atom. The first kappa shape index (κ1) is 8.26. The van der Waals surface area contributed by atoms with Crippen molar-refractivity contribution in [1.29, 1.82) is 0 Å². The molecule has 0 atom stereocenters. The zero-order valence-electron chi connectivity index (χ0n) is 8.08. The lowest BCUT2D eigenvalue weighted by Gasteiger charge is -2.28. The molecule has 0 spiro atoms. The number of hydrogen-bond donors (Lipinski definition) is 3. The fourth-order valence-corrected chi connectivity index (χ4v) is 2.09. The van der Waals surface area contributed by atoms with Gasteiger partial charge in [-0.2, -0.15) is 5.10 Å². The van der Waals surface area contributed by atoms with E-state index in [0.717, 1.165) is 44.1 Å². The zero-order valence-corrected chi connectivity index (χ0v) is 8.08. The van der Waals surface area contributed by atoms with Gasteiger partial charge in [-0.15, -0.1) is 0 Å². The molecule has 2 aliphatic rings. The van der Waals surface area contributed by atoms with Crippen LogP contribution in [0.25, 0.3) is 0 Å². The molecule has 0 amide bonds. The Balaban J connectivity index is 2.00. The Morgan fingerprint density at radius 3 is 2.86 bits per heavy atom. The Kier molecular flexibility index (Phi) is 1.75. The van der Waals surface area contributed by atoms with E-state index in [9.17, 15) is 0 Å². The molecule has 3 heterocycles. The molecule has 4 N–H and O–H groups in total. The van der Waals surface area contributed by atoms with Crippen molar-refractivity contribution in [1.82, 2.24) is 20.4 Å². The van der Waals surface area contributed by atoms with Crippen LogP contribution >= 0.6 is 0 Å². The standard InChI is InChI=1S/C9H15N5/c10-9-7-1-2-11-5-8(7)13-14(9)6-3-12-4-6/h6,11-12H,1-5,10H2. The van der Waals surface area contributed by atoms with Crippen LogP contribution < -0.4 is 16.4 Å². The summed E-state index contributed by atoms with van der Waals surface area (Å²) >= 11 is 0. The molecule has 0 bridgehead atoms. The molecule has 0 saturated carbocycles. The molecule has 3 rings (SSSR count). The minimum atomic E-state index is 0.473. The van der Waals surface area contributed by atoms with E-state index in [-0.39, 0.29) is 0 Å². The van der Waals surface area contributed by atoms with Crippen LogP contribution in [-0.2, 0) is 13.0 Å². The van der Waals surface area contributed by atoms with Gasteiger partial charge >= 0.3 is 0 Å². The molecule has 5 heteroatoms. The largest absolute Gasteiger partial charge is 0.384 e. The van der Waals surface area contributed by atoms with Gasteiger partial charge in [0.05, 0.1) is 11.7 Å². The average Bonchev–Trinajstić information content (AvgIpc) is 2.43. The van der Waals surface area contributed by atoms with E-state index < -0.39 is 0 Å². The van der Waals surface area contributed by atoms with Gasteiger partial charge in [-0.05, 0) is 13.0 Å². The summed E-state index contributed by atoms with van der Waals surface area (Å²) < 4.78 is 1.99. The van der Waals surface area contributed by atoms with Crippen molar-refractivity contribution in [3.8, 4) is 0 Å². The van der Waals surface area contributed by atoms with Crippen LogP contribution in [0.3, 0.4) is 0 Å². The van der Waals surface area contributed by atoms with Crippen molar-refractivity contribution in [2.45, 2.75) is 19.0 Å². The summed E-state index contributed by atoms with van der Waals surface area (Å²) in [6, 6.07) is 0.473. The second-order valence-electron chi connectivity index (χ2n) is 3.99. The van der Waals surface area contributed by atoms with E-state index in [1.165, 1.54) is 5.56 Å². The second-order valence-corrected chi connectivity index (χ2v) is 3.99. The van der Waals surface area contributed by atoms with Crippen LogP contribution in [0.2, 0.25) is 0 Å². The van der Waals surface area contributed by atoms with Gasteiger partial charge in [0.15, 0.2) is 0 Å². The summed E-state index contributed by atoms with van der Waals surface area (Å²) in [6.45, 7) is 3.88. The third-order valence-electron chi connectivity index (χ3n) is 3.08. The number of hydrogen-bond acceptors (Lipinski definition) is 4. The molecule has 0 radical (unpaired) electrons. The molecule has 1 aromatic heterocycles. The lowest BCUT2D eigenvalue weighted by atomic mass is 10.1. The van der Waals surface area contributed by atoms with Crippen LogP contribution in [0.15, 0.2) is 0 Å². The lowest BCUT2D eigenvalue weighted by molar-refractivity contribution is 0.320. The molecule has 2 aliphatic heterocycles. The highest BCUT2D eigenvalue weighted by molar-refractivity contribution is 5.45. The molecular weight excluding hydrogens is 178 g/mol. The zero-order chi connectivity index (χ0) is 9.54. The van der Waals surface area contributed by atoms with Crippen LogP contribution in [0, 0.1) is 0 Å². The number of nitrogens with zero attached hydrogens (tertiary/aromatic N) is 2. The van der Waals surface area contributed by atoms with Gasteiger partial charge in [0, 0.05) is 25.2 Å². The highest BCUT2D eigenvalue weighted by Gasteiger charge is 2.26. The Bertz CT molecular complexity index is 352. The predicted molar refractivity (Wildman–Crippen MR) is 54.0 cm³/mol. The van der Waals surface area contributed by atoms with E-state index in [0.29, 0.717) is 6.04 Å². The molecule has 1 saturated heterocycles. The molecule has 0 unspecified atom stereocenters. The topological polar surface area (TPSA) is 67.9 Å². The molecule has 5 nitrogen and oxygen atoms in total. The molecular formula is C9H15N5. The normalized spacial score (nSPS) is 21.7. The minimum Gasteiger partial charge on any atom is -0.384 e. The Hall–Kier alpha value is -1.07. The quantitative estimate of drug-likeness (QED) is 0.549. The smallest absolute Gasteiger partial charge is 0.125 e. The van der Waals surface area contributed by atoms with Gasteiger partial charge in [-0.25, -0.2) is 4.68 Å². The highest BCUT2D eigenvalue weighted by Crippen LogP contribution is 2.24. The number of fused-ring (bicyclic) bond motifs is 1. The molecule has 0 aliphatic carbocycles. The monoisotopic (exact) mass is 193 g/mol. The summed E-state index contributed by atoms with van der Waals surface area (Å²) in [6.07, 6.45) is 1.02. The highest BCUT2D eigenvalue weighted by atomic mass is 15.4. The van der Waals surface area contributed by atoms with Gasteiger partial charge in [0.25, 0.3) is 0 Å².